The molecule has 1 aromatic rings. The summed E-state index contributed by atoms with van der Waals surface area (Å²) in [5.74, 6) is -0.288. The Labute approximate surface area is 101 Å². The predicted molar refractivity (Wildman–Crippen MR) is 66.3 cm³/mol. The minimum atomic E-state index is -0.288. The van der Waals surface area contributed by atoms with Gasteiger partial charge in [-0.1, -0.05) is 22.0 Å². The highest BCUT2D eigenvalue weighted by Gasteiger charge is 2.06. The molecule has 0 radical (unpaired) electrons. The fourth-order valence-corrected chi connectivity index (χ4v) is 1.35. The molecule has 0 bridgehead atoms. The summed E-state index contributed by atoms with van der Waals surface area (Å²) in [6.45, 7) is 1.94. The van der Waals surface area contributed by atoms with Gasteiger partial charge in [0.1, 0.15) is 0 Å². The smallest absolute Gasteiger partial charge is 0.269 e. The molecule has 0 atom stereocenters. The highest BCUT2D eigenvalue weighted by atomic mass is 79.9. The second-order valence-corrected chi connectivity index (χ2v) is 4.20. The van der Waals surface area contributed by atoms with Gasteiger partial charge >= 0.3 is 0 Å². The van der Waals surface area contributed by atoms with Crippen molar-refractivity contribution in [2.24, 2.45) is 5.73 Å². The van der Waals surface area contributed by atoms with Gasteiger partial charge in [-0.2, -0.15) is 0 Å². The van der Waals surface area contributed by atoms with E-state index in [9.17, 15) is 4.79 Å². The molecule has 0 saturated heterocycles. The van der Waals surface area contributed by atoms with Crippen molar-refractivity contribution in [2.45, 2.75) is 6.92 Å². The molecule has 1 rings (SSSR count). The van der Waals surface area contributed by atoms with Crippen LogP contribution in [-0.4, -0.2) is 11.0 Å². The molecule has 0 heterocycles. The lowest BCUT2D eigenvalue weighted by atomic mass is 10.1. The summed E-state index contributed by atoms with van der Waals surface area (Å²) >= 11 is 7.90. The van der Waals surface area contributed by atoms with E-state index >= 15 is 0 Å². The number of hydrogen-bond acceptors (Lipinski definition) is 2. The van der Waals surface area contributed by atoms with Crippen LogP contribution >= 0.6 is 28.1 Å². The maximum absolute atomic E-state index is 11.5. The fourth-order valence-electron chi connectivity index (χ4n) is 0.925. The standard InChI is InChI=1S/C9H10BrN3OS/c1-5-2-3-6(4-7(5)10)8(14)12-13-9(11)15/h2-4H,1H3,(H,12,14)(H3,11,13,15). The fraction of sp³-hybridized carbons (Fsp3) is 0.111. The molecule has 0 aromatic heterocycles. The first kappa shape index (κ1) is 11.9. The Morgan fingerprint density at radius 2 is 2.13 bits per heavy atom. The maximum Gasteiger partial charge on any atom is 0.269 e. The highest BCUT2D eigenvalue weighted by Crippen LogP contribution is 2.17. The molecule has 6 heteroatoms. The van der Waals surface area contributed by atoms with Crippen molar-refractivity contribution >= 4 is 39.2 Å². The number of nitrogens with one attached hydrogen (secondary N) is 2. The molecule has 0 saturated carbocycles. The molecule has 80 valence electrons. The Bertz CT molecular complexity index is 408. The quantitative estimate of drug-likeness (QED) is 0.537. The number of carbonyl (C=O) groups excluding carboxylic acids is 1. The van der Waals surface area contributed by atoms with E-state index in [4.69, 9.17) is 5.73 Å². The van der Waals surface area contributed by atoms with Crippen molar-refractivity contribution in [1.29, 1.82) is 0 Å². The van der Waals surface area contributed by atoms with Gasteiger partial charge in [0.15, 0.2) is 5.11 Å². The first-order valence-corrected chi connectivity index (χ1v) is 5.33. The van der Waals surface area contributed by atoms with Gasteiger partial charge in [0.25, 0.3) is 5.91 Å². The lowest BCUT2D eigenvalue weighted by Gasteiger charge is -2.07. The van der Waals surface area contributed by atoms with E-state index in [1.807, 2.05) is 13.0 Å². The summed E-state index contributed by atoms with van der Waals surface area (Å²) < 4.78 is 0.880. The Balaban J connectivity index is 2.74. The van der Waals surface area contributed by atoms with Gasteiger partial charge < -0.3 is 5.73 Å². The van der Waals surface area contributed by atoms with Crippen LogP contribution in [0.4, 0.5) is 0 Å². The Hall–Kier alpha value is -1.14. The zero-order valence-electron chi connectivity index (χ0n) is 8.00. The largest absolute Gasteiger partial charge is 0.375 e. The van der Waals surface area contributed by atoms with E-state index in [0.717, 1.165) is 10.0 Å². The second kappa shape index (κ2) is 5.09. The van der Waals surface area contributed by atoms with Gasteiger partial charge in [-0.15, -0.1) is 0 Å². The van der Waals surface area contributed by atoms with Crippen molar-refractivity contribution in [3.05, 3.63) is 33.8 Å². The van der Waals surface area contributed by atoms with Crippen molar-refractivity contribution < 1.29 is 4.79 Å². The van der Waals surface area contributed by atoms with E-state index in [1.54, 1.807) is 12.1 Å². The molecule has 0 unspecified atom stereocenters. The molecule has 0 aliphatic heterocycles. The molecular formula is C9H10BrN3OS. The van der Waals surface area contributed by atoms with Crippen LogP contribution < -0.4 is 16.6 Å². The van der Waals surface area contributed by atoms with E-state index in [-0.39, 0.29) is 11.0 Å². The van der Waals surface area contributed by atoms with Crippen LogP contribution in [0.25, 0.3) is 0 Å². The minimum Gasteiger partial charge on any atom is -0.375 e. The predicted octanol–water partition coefficient (Wildman–Crippen LogP) is 1.24. The van der Waals surface area contributed by atoms with E-state index in [1.165, 1.54) is 0 Å². The summed E-state index contributed by atoms with van der Waals surface area (Å²) in [6.07, 6.45) is 0. The van der Waals surface area contributed by atoms with E-state index in [2.05, 4.69) is 39.0 Å². The topological polar surface area (TPSA) is 67.2 Å². The molecule has 4 nitrogen and oxygen atoms in total. The molecular weight excluding hydrogens is 278 g/mol. The van der Waals surface area contributed by atoms with E-state index < -0.39 is 0 Å². The minimum absolute atomic E-state index is 0.0227. The van der Waals surface area contributed by atoms with Gasteiger partial charge in [-0.3, -0.25) is 15.6 Å². The van der Waals surface area contributed by atoms with Gasteiger partial charge in [-0.05, 0) is 36.8 Å². The summed E-state index contributed by atoms with van der Waals surface area (Å²) in [7, 11) is 0. The van der Waals surface area contributed by atoms with Gasteiger partial charge in [-0.25, -0.2) is 0 Å². The Kier molecular flexibility index (Phi) is 4.05. The zero-order chi connectivity index (χ0) is 11.4. The van der Waals surface area contributed by atoms with Gasteiger partial charge in [0.05, 0.1) is 0 Å². The number of hydrogen-bond donors (Lipinski definition) is 3. The van der Waals surface area contributed by atoms with Crippen LogP contribution in [-0.2, 0) is 0 Å². The molecule has 0 fully saturated rings. The van der Waals surface area contributed by atoms with Crippen LogP contribution in [0, 0.1) is 6.92 Å². The molecule has 1 amide bonds. The maximum atomic E-state index is 11.5. The van der Waals surface area contributed by atoms with Crippen molar-refractivity contribution in [3.8, 4) is 0 Å². The average molecular weight is 288 g/mol. The Morgan fingerprint density at radius 3 is 2.67 bits per heavy atom. The first-order chi connectivity index (χ1) is 7.00. The SMILES string of the molecule is Cc1ccc(C(=O)NNC(N)=S)cc1Br. The number of carbonyl (C=O) groups is 1. The third-order valence-electron chi connectivity index (χ3n) is 1.73. The molecule has 0 aliphatic carbocycles. The molecule has 15 heavy (non-hydrogen) atoms. The number of aryl methyl sites for hydroxylation is 1. The van der Waals surface area contributed by atoms with Crippen LogP contribution in [0.2, 0.25) is 0 Å². The number of thiocarbonyl (C=S) groups is 1. The highest BCUT2D eigenvalue weighted by molar-refractivity contribution is 9.10. The van der Waals surface area contributed by atoms with Gasteiger partial charge in [0, 0.05) is 10.0 Å². The van der Waals surface area contributed by atoms with Gasteiger partial charge in [0.2, 0.25) is 0 Å². The van der Waals surface area contributed by atoms with Crippen LogP contribution in [0.15, 0.2) is 22.7 Å². The molecule has 4 N–H and O–H groups in total. The first-order valence-electron chi connectivity index (χ1n) is 4.12. The van der Waals surface area contributed by atoms with E-state index in [0.29, 0.717) is 5.56 Å². The normalized spacial score (nSPS) is 9.47. The van der Waals surface area contributed by atoms with Crippen molar-refractivity contribution in [1.82, 2.24) is 10.9 Å². The number of hydrazine groups is 1. The Morgan fingerprint density at radius 1 is 1.47 bits per heavy atom. The van der Waals surface area contributed by atoms with Crippen LogP contribution in [0.5, 0.6) is 0 Å². The zero-order valence-corrected chi connectivity index (χ0v) is 10.4. The van der Waals surface area contributed by atoms with Crippen LogP contribution in [0.1, 0.15) is 15.9 Å². The summed E-state index contributed by atoms with van der Waals surface area (Å²) in [5.41, 5.74) is 11.5. The molecule has 0 aliphatic rings. The number of benzene rings is 1. The summed E-state index contributed by atoms with van der Waals surface area (Å²) in [6, 6.07) is 5.29. The average Bonchev–Trinajstić information content (AvgIpc) is 2.18. The lowest BCUT2D eigenvalue weighted by Crippen LogP contribution is -2.44. The summed E-state index contributed by atoms with van der Waals surface area (Å²) in [5, 5.41) is 0.0227. The third kappa shape index (κ3) is 3.49. The number of halogens is 1. The van der Waals surface area contributed by atoms with Crippen molar-refractivity contribution in [2.75, 3.05) is 0 Å². The second-order valence-electron chi connectivity index (χ2n) is 2.91. The van der Waals surface area contributed by atoms with Crippen LogP contribution in [0.3, 0.4) is 0 Å². The third-order valence-corrected chi connectivity index (χ3v) is 2.69. The number of amides is 1. The molecule has 0 spiro atoms. The lowest BCUT2D eigenvalue weighted by molar-refractivity contribution is 0.0944. The monoisotopic (exact) mass is 287 g/mol. The molecule has 1 aromatic carbocycles. The summed E-state index contributed by atoms with van der Waals surface area (Å²) in [4.78, 5) is 11.5. The van der Waals surface area contributed by atoms with Crippen molar-refractivity contribution in [3.63, 3.8) is 0 Å². The number of rotatable bonds is 1. The number of nitrogens with two attached hydrogens (primary N) is 1.